The summed E-state index contributed by atoms with van der Waals surface area (Å²) >= 11 is 0. The fraction of sp³-hybridized carbons (Fsp3) is 0.513. The Bertz CT molecular complexity index is 1210. The standard InChI is InChI=1S/C39H54N2O4/c1-3-5-7-9-10-11-12-13-14-15-16-18-32-43-36-25-19-33(20-26-36)39(42)45-38-29-23-35(24-30-38)41-40-34-21-27-37(28-22-34)44-31-17-8-6-4-2/h19-30H,3-18,31-32H2,1-2H3. The predicted octanol–water partition coefficient (Wildman–Crippen LogP) is 12.4. The van der Waals surface area contributed by atoms with Gasteiger partial charge in [-0.3, -0.25) is 0 Å². The van der Waals surface area contributed by atoms with Crippen molar-refractivity contribution >= 4 is 17.3 Å². The SMILES string of the molecule is CCCCCCCCCCCCCCOc1ccc(C(=O)Oc2ccc(N=Nc3ccc(OCCCCCC)cc3)cc2)cc1. The van der Waals surface area contributed by atoms with E-state index in [2.05, 4.69) is 24.1 Å². The van der Waals surface area contributed by atoms with Gasteiger partial charge in [-0.05, 0) is 85.6 Å². The molecular weight excluding hydrogens is 560 g/mol. The van der Waals surface area contributed by atoms with E-state index in [9.17, 15) is 4.79 Å². The molecule has 6 nitrogen and oxygen atoms in total. The van der Waals surface area contributed by atoms with Crippen molar-refractivity contribution in [3.8, 4) is 17.2 Å². The number of hydrogen-bond acceptors (Lipinski definition) is 6. The van der Waals surface area contributed by atoms with E-state index < -0.39 is 5.97 Å². The van der Waals surface area contributed by atoms with Crippen LogP contribution < -0.4 is 14.2 Å². The molecule has 244 valence electrons. The van der Waals surface area contributed by atoms with Crippen LogP contribution in [-0.2, 0) is 0 Å². The molecule has 0 aliphatic rings. The van der Waals surface area contributed by atoms with Crippen LogP contribution in [0.1, 0.15) is 127 Å². The number of carbonyl (C=O) groups is 1. The number of azo groups is 1. The maximum absolute atomic E-state index is 12.6. The molecule has 0 saturated carbocycles. The highest BCUT2D eigenvalue weighted by atomic mass is 16.5. The Morgan fingerprint density at radius 3 is 1.27 bits per heavy atom. The maximum atomic E-state index is 12.6. The predicted molar refractivity (Wildman–Crippen MR) is 185 cm³/mol. The highest BCUT2D eigenvalue weighted by molar-refractivity contribution is 5.91. The van der Waals surface area contributed by atoms with Crippen molar-refractivity contribution in [2.75, 3.05) is 13.2 Å². The molecule has 0 spiro atoms. The topological polar surface area (TPSA) is 69.5 Å². The Kier molecular flexibility index (Phi) is 18.1. The lowest BCUT2D eigenvalue weighted by atomic mass is 10.1. The Hall–Kier alpha value is -3.67. The van der Waals surface area contributed by atoms with Gasteiger partial charge in [0.2, 0.25) is 0 Å². The van der Waals surface area contributed by atoms with E-state index >= 15 is 0 Å². The van der Waals surface area contributed by atoms with Crippen LogP contribution in [0, 0.1) is 0 Å². The van der Waals surface area contributed by atoms with E-state index in [4.69, 9.17) is 14.2 Å². The number of unbranched alkanes of at least 4 members (excludes halogenated alkanes) is 14. The summed E-state index contributed by atoms with van der Waals surface area (Å²) in [6.45, 7) is 5.90. The summed E-state index contributed by atoms with van der Waals surface area (Å²) in [4.78, 5) is 12.6. The normalized spacial score (nSPS) is 11.2. The molecule has 0 amide bonds. The molecule has 3 aromatic rings. The van der Waals surface area contributed by atoms with Crippen molar-refractivity contribution in [3.05, 3.63) is 78.4 Å². The summed E-state index contributed by atoms with van der Waals surface area (Å²) < 4.78 is 17.2. The lowest BCUT2D eigenvalue weighted by molar-refractivity contribution is 0.0734. The van der Waals surface area contributed by atoms with Gasteiger partial charge in [-0.15, -0.1) is 0 Å². The van der Waals surface area contributed by atoms with E-state index in [1.807, 2.05) is 36.4 Å². The number of benzene rings is 3. The van der Waals surface area contributed by atoms with Crippen LogP contribution in [0.5, 0.6) is 17.2 Å². The highest BCUT2D eigenvalue weighted by Crippen LogP contribution is 2.24. The lowest BCUT2D eigenvalue weighted by Gasteiger charge is -2.08. The molecule has 0 aromatic heterocycles. The largest absolute Gasteiger partial charge is 0.494 e. The van der Waals surface area contributed by atoms with Crippen molar-refractivity contribution in [3.63, 3.8) is 0 Å². The molecule has 0 heterocycles. The molecule has 6 heteroatoms. The number of nitrogens with zero attached hydrogens (tertiary/aromatic N) is 2. The van der Waals surface area contributed by atoms with Crippen LogP contribution in [-0.4, -0.2) is 19.2 Å². The molecule has 0 unspecified atom stereocenters. The number of rotatable bonds is 24. The number of esters is 1. The van der Waals surface area contributed by atoms with Gasteiger partial charge >= 0.3 is 5.97 Å². The molecule has 0 bridgehead atoms. The summed E-state index contributed by atoms with van der Waals surface area (Å²) in [7, 11) is 0. The zero-order chi connectivity index (χ0) is 31.8. The van der Waals surface area contributed by atoms with Crippen molar-refractivity contribution in [2.45, 2.75) is 117 Å². The molecule has 0 radical (unpaired) electrons. The molecule has 3 rings (SSSR count). The molecule has 3 aromatic carbocycles. The second-order valence-electron chi connectivity index (χ2n) is 11.7. The third-order valence-corrected chi connectivity index (χ3v) is 7.79. The zero-order valence-electron chi connectivity index (χ0n) is 27.7. The maximum Gasteiger partial charge on any atom is 0.343 e. The Morgan fingerprint density at radius 2 is 0.822 bits per heavy atom. The van der Waals surface area contributed by atoms with Gasteiger partial charge in [0.05, 0.1) is 30.2 Å². The molecule has 0 aliphatic heterocycles. The van der Waals surface area contributed by atoms with E-state index in [1.165, 1.54) is 89.9 Å². The third kappa shape index (κ3) is 15.8. The number of ether oxygens (including phenoxy) is 3. The molecule has 0 saturated heterocycles. The van der Waals surface area contributed by atoms with Crippen LogP contribution in [0.15, 0.2) is 83.0 Å². The first-order valence-electron chi connectivity index (χ1n) is 17.4. The van der Waals surface area contributed by atoms with Gasteiger partial charge in [-0.25, -0.2) is 4.79 Å². The van der Waals surface area contributed by atoms with E-state index in [-0.39, 0.29) is 0 Å². The summed E-state index contributed by atoms with van der Waals surface area (Å²) in [5.74, 6) is 1.65. The van der Waals surface area contributed by atoms with Gasteiger partial charge in [0.15, 0.2) is 0 Å². The van der Waals surface area contributed by atoms with E-state index in [0.717, 1.165) is 36.6 Å². The number of hydrogen-bond donors (Lipinski definition) is 0. The monoisotopic (exact) mass is 614 g/mol. The second kappa shape index (κ2) is 22.8. The van der Waals surface area contributed by atoms with Crippen molar-refractivity contribution in [1.82, 2.24) is 0 Å². The minimum Gasteiger partial charge on any atom is -0.494 e. The van der Waals surface area contributed by atoms with Crippen molar-refractivity contribution in [2.24, 2.45) is 10.2 Å². The first kappa shape index (κ1) is 35.8. The summed E-state index contributed by atoms with van der Waals surface area (Å²) in [6, 6.07) is 21.7. The number of carbonyl (C=O) groups excluding carboxylic acids is 1. The summed E-state index contributed by atoms with van der Waals surface area (Å²) in [5, 5.41) is 8.58. The van der Waals surface area contributed by atoms with Crippen LogP contribution in [0.2, 0.25) is 0 Å². The average molecular weight is 615 g/mol. The van der Waals surface area contributed by atoms with E-state index in [1.54, 1.807) is 36.4 Å². The lowest BCUT2D eigenvalue weighted by Crippen LogP contribution is -2.08. The highest BCUT2D eigenvalue weighted by Gasteiger charge is 2.09. The van der Waals surface area contributed by atoms with Crippen molar-refractivity contribution in [1.29, 1.82) is 0 Å². The third-order valence-electron chi connectivity index (χ3n) is 7.79. The van der Waals surface area contributed by atoms with Gasteiger partial charge in [0.1, 0.15) is 17.2 Å². The fourth-order valence-corrected chi connectivity index (χ4v) is 5.01. The second-order valence-corrected chi connectivity index (χ2v) is 11.7. The van der Waals surface area contributed by atoms with Gasteiger partial charge in [0.25, 0.3) is 0 Å². The van der Waals surface area contributed by atoms with Crippen LogP contribution in [0.4, 0.5) is 11.4 Å². The van der Waals surface area contributed by atoms with Crippen LogP contribution in [0.3, 0.4) is 0 Å². The fourth-order valence-electron chi connectivity index (χ4n) is 5.01. The van der Waals surface area contributed by atoms with Crippen molar-refractivity contribution < 1.29 is 19.0 Å². The Labute approximate surface area is 271 Å². The van der Waals surface area contributed by atoms with Gasteiger partial charge in [-0.1, -0.05) is 104 Å². The van der Waals surface area contributed by atoms with E-state index in [0.29, 0.717) is 23.6 Å². The minimum absolute atomic E-state index is 0.412. The van der Waals surface area contributed by atoms with Gasteiger partial charge in [0, 0.05) is 0 Å². The molecule has 0 aliphatic carbocycles. The zero-order valence-corrected chi connectivity index (χ0v) is 27.7. The quantitative estimate of drug-likeness (QED) is 0.0435. The summed E-state index contributed by atoms with van der Waals surface area (Å²) in [6.07, 6.45) is 20.6. The smallest absolute Gasteiger partial charge is 0.343 e. The Balaban J connectivity index is 1.28. The first-order chi connectivity index (χ1) is 22.2. The molecule has 0 atom stereocenters. The molecule has 0 fully saturated rings. The molecular formula is C39H54N2O4. The molecule has 0 N–H and O–H groups in total. The van der Waals surface area contributed by atoms with Crippen LogP contribution in [0.25, 0.3) is 0 Å². The van der Waals surface area contributed by atoms with Gasteiger partial charge < -0.3 is 14.2 Å². The minimum atomic E-state index is -0.412. The average Bonchev–Trinajstić information content (AvgIpc) is 3.07. The van der Waals surface area contributed by atoms with Crippen LogP contribution >= 0.6 is 0 Å². The first-order valence-corrected chi connectivity index (χ1v) is 17.4. The summed E-state index contributed by atoms with van der Waals surface area (Å²) in [5.41, 5.74) is 1.89. The Morgan fingerprint density at radius 1 is 0.467 bits per heavy atom. The van der Waals surface area contributed by atoms with Gasteiger partial charge in [-0.2, -0.15) is 10.2 Å². The molecule has 45 heavy (non-hydrogen) atoms.